The molecular formula is C20H14N2OS. The smallest absolute Gasteiger partial charge is 0.245 e. The SMILES string of the molecule is O=C1C2SC(c3cccnc3-c3ccccc32)N1c1ccccc1. The molecule has 0 N–H and O–H groups in total. The molecule has 0 spiro atoms. The number of rotatable bonds is 1. The second-order valence-electron chi connectivity index (χ2n) is 5.94. The predicted molar refractivity (Wildman–Crippen MR) is 96.7 cm³/mol. The van der Waals surface area contributed by atoms with E-state index < -0.39 is 0 Å². The van der Waals surface area contributed by atoms with Gasteiger partial charge in [0.05, 0.1) is 5.69 Å². The maximum absolute atomic E-state index is 13.2. The molecule has 0 aliphatic carbocycles. The first kappa shape index (κ1) is 13.8. The molecule has 5 rings (SSSR count). The van der Waals surface area contributed by atoms with E-state index in [9.17, 15) is 4.79 Å². The van der Waals surface area contributed by atoms with Gasteiger partial charge in [-0.3, -0.25) is 14.7 Å². The summed E-state index contributed by atoms with van der Waals surface area (Å²) in [5, 5.41) is -0.221. The number of carbonyl (C=O) groups excluding carboxylic acids is 1. The van der Waals surface area contributed by atoms with Crippen LogP contribution in [0.15, 0.2) is 72.9 Å². The van der Waals surface area contributed by atoms with E-state index in [2.05, 4.69) is 23.2 Å². The van der Waals surface area contributed by atoms with Gasteiger partial charge in [0.15, 0.2) is 0 Å². The quantitative estimate of drug-likeness (QED) is 0.655. The third-order valence-corrected chi connectivity index (χ3v) is 6.05. The summed E-state index contributed by atoms with van der Waals surface area (Å²) in [6.07, 6.45) is 1.83. The Balaban J connectivity index is 1.77. The molecule has 116 valence electrons. The Hall–Kier alpha value is -2.59. The lowest BCUT2D eigenvalue weighted by Gasteiger charge is -2.26. The fourth-order valence-corrected chi connectivity index (χ4v) is 5.07. The van der Waals surface area contributed by atoms with Crippen molar-refractivity contribution < 1.29 is 4.79 Å². The highest BCUT2D eigenvalue weighted by Gasteiger charge is 2.46. The molecule has 2 aliphatic rings. The summed E-state index contributed by atoms with van der Waals surface area (Å²) in [5.74, 6) is 0.151. The molecule has 0 saturated carbocycles. The van der Waals surface area contributed by atoms with Gasteiger partial charge in [-0.25, -0.2) is 0 Å². The first-order valence-electron chi connectivity index (χ1n) is 7.92. The molecule has 4 heteroatoms. The van der Waals surface area contributed by atoms with Crippen molar-refractivity contribution in [3.8, 4) is 11.3 Å². The van der Waals surface area contributed by atoms with Crippen LogP contribution in [0.5, 0.6) is 0 Å². The molecule has 1 fully saturated rings. The van der Waals surface area contributed by atoms with Crippen LogP contribution in [-0.4, -0.2) is 10.9 Å². The molecule has 1 aromatic heterocycles. The third kappa shape index (κ3) is 1.86. The monoisotopic (exact) mass is 330 g/mol. The van der Waals surface area contributed by atoms with E-state index in [0.717, 1.165) is 28.1 Å². The summed E-state index contributed by atoms with van der Waals surface area (Å²) in [5.41, 5.74) is 5.17. The second-order valence-corrected chi connectivity index (χ2v) is 7.13. The van der Waals surface area contributed by atoms with E-state index in [1.165, 1.54) is 0 Å². The maximum atomic E-state index is 13.2. The van der Waals surface area contributed by atoms with Crippen molar-refractivity contribution in [3.63, 3.8) is 0 Å². The van der Waals surface area contributed by atoms with E-state index in [1.807, 2.05) is 59.6 Å². The first-order chi connectivity index (χ1) is 11.8. The summed E-state index contributed by atoms with van der Waals surface area (Å²) in [6.45, 7) is 0. The zero-order chi connectivity index (χ0) is 16.1. The number of nitrogens with zero attached hydrogens (tertiary/aromatic N) is 2. The molecule has 1 saturated heterocycles. The van der Waals surface area contributed by atoms with Gasteiger partial charge >= 0.3 is 0 Å². The molecule has 2 unspecified atom stereocenters. The number of fused-ring (bicyclic) bond motifs is 7. The Morgan fingerprint density at radius 2 is 1.62 bits per heavy atom. The average Bonchev–Trinajstić information content (AvgIpc) is 2.91. The Morgan fingerprint density at radius 3 is 2.50 bits per heavy atom. The third-order valence-electron chi connectivity index (χ3n) is 4.60. The van der Waals surface area contributed by atoms with Gasteiger partial charge in [-0.2, -0.15) is 0 Å². The lowest BCUT2D eigenvalue weighted by Crippen LogP contribution is -2.30. The van der Waals surface area contributed by atoms with E-state index in [4.69, 9.17) is 0 Å². The molecule has 3 aromatic rings. The number of hydrogen-bond acceptors (Lipinski definition) is 3. The number of amides is 1. The summed E-state index contributed by atoms with van der Waals surface area (Å²) in [7, 11) is 0. The minimum Gasteiger partial charge on any atom is -0.294 e. The van der Waals surface area contributed by atoms with Crippen LogP contribution in [0, 0.1) is 0 Å². The fourth-order valence-electron chi connectivity index (χ4n) is 3.54. The van der Waals surface area contributed by atoms with E-state index in [0.29, 0.717) is 0 Å². The lowest BCUT2D eigenvalue weighted by molar-refractivity contribution is -0.117. The molecule has 1 amide bonds. The van der Waals surface area contributed by atoms with Gasteiger partial charge in [0.25, 0.3) is 0 Å². The Bertz CT molecular complexity index is 941. The zero-order valence-corrected chi connectivity index (χ0v) is 13.6. The standard InChI is InChI=1S/C20H14N2OS/c23-19-18-15-10-5-4-9-14(15)17-16(11-6-12-21-17)20(24-18)22(19)13-7-2-1-3-8-13/h1-12,18,20H. The molecule has 2 atom stereocenters. The number of hydrogen-bond donors (Lipinski definition) is 0. The minimum atomic E-state index is -0.180. The highest BCUT2D eigenvalue weighted by molar-refractivity contribution is 8.01. The minimum absolute atomic E-state index is 0.0407. The number of benzene rings is 2. The van der Waals surface area contributed by atoms with Gasteiger partial charge in [0.1, 0.15) is 10.6 Å². The molecule has 0 radical (unpaired) electrons. The summed E-state index contributed by atoms with van der Waals surface area (Å²) in [6, 6.07) is 22.1. The second kappa shape index (κ2) is 5.21. The van der Waals surface area contributed by atoms with Gasteiger partial charge in [-0.05, 0) is 23.8 Å². The van der Waals surface area contributed by atoms with Crippen molar-refractivity contribution in [1.29, 1.82) is 0 Å². The van der Waals surface area contributed by atoms with Crippen LogP contribution < -0.4 is 4.90 Å². The molecule has 2 bridgehead atoms. The average molecular weight is 330 g/mol. The van der Waals surface area contributed by atoms with Crippen LogP contribution in [0.1, 0.15) is 21.8 Å². The Kier molecular flexibility index (Phi) is 3.00. The summed E-state index contributed by atoms with van der Waals surface area (Å²) >= 11 is 1.71. The van der Waals surface area contributed by atoms with Gasteiger partial charge < -0.3 is 0 Å². The number of carbonyl (C=O) groups is 1. The Morgan fingerprint density at radius 1 is 0.875 bits per heavy atom. The predicted octanol–water partition coefficient (Wildman–Crippen LogP) is 4.58. The van der Waals surface area contributed by atoms with E-state index in [-0.39, 0.29) is 16.5 Å². The molecule has 3 heterocycles. The summed E-state index contributed by atoms with van der Waals surface area (Å²) < 4.78 is 0. The topological polar surface area (TPSA) is 33.2 Å². The molecule has 24 heavy (non-hydrogen) atoms. The van der Waals surface area contributed by atoms with Crippen molar-refractivity contribution in [2.45, 2.75) is 10.6 Å². The molecule has 2 aliphatic heterocycles. The fraction of sp³-hybridized carbons (Fsp3) is 0.100. The van der Waals surface area contributed by atoms with Gasteiger partial charge in [0, 0.05) is 23.0 Å². The first-order valence-corrected chi connectivity index (χ1v) is 8.86. The van der Waals surface area contributed by atoms with E-state index in [1.54, 1.807) is 11.8 Å². The highest BCUT2D eigenvalue weighted by atomic mass is 32.2. The van der Waals surface area contributed by atoms with Crippen LogP contribution in [0.3, 0.4) is 0 Å². The highest BCUT2D eigenvalue weighted by Crippen LogP contribution is 2.57. The number of thioether (sulfide) groups is 1. The van der Waals surface area contributed by atoms with Gasteiger partial charge in [0.2, 0.25) is 5.91 Å². The maximum Gasteiger partial charge on any atom is 0.245 e. The molecule has 3 nitrogen and oxygen atoms in total. The van der Waals surface area contributed by atoms with Crippen LogP contribution >= 0.6 is 11.8 Å². The number of para-hydroxylation sites is 1. The van der Waals surface area contributed by atoms with Crippen LogP contribution in [0.4, 0.5) is 5.69 Å². The van der Waals surface area contributed by atoms with E-state index >= 15 is 0 Å². The lowest BCUT2D eigenvalue weighted by atomic mass is 9.95. The Labute approximate surface area is 144 Å². The normalized spacial score (nSPS) is 21.2. The molecular weight excluding hydrogens is 316 g/mol. The largest absolute Gasteiger partial charge is 0.294 e. The van der Waals surface area contributed by atoms with Crippen molar-refractivity contribution in [2.75, 3.05) is 4.90 Å². The van der Waals surface area contributed by atoms with Crippen molar-refractivity contribution >= 4 is 23.4 Å². The van der Waals surface area contributed by atoms with Crippen LogP contribution in [0.25, 0.3) is 11.3 Å². The van der Waals surface area contributed by atoms with Gasteiger partial charge in [-0.1, -0.05) is 48.5 Å². The number of aromatic nitrogens is 1. The van der Waals surface area contributed by atoms with Crippen molar-refractivity contribution in [3.05, 3.63) is 84.1 Å². The van der Waals surface area contributed by atoms with Crippen molar-refractivity contribution in [2.24, 2.45) is 0 Å². The van der Waals surface area contributed by atoms with Gasteiger partial charge in [-0.15, -0.1) is 11.8 Å². The van der Waals surface area contributed by atoms with Crippen LogP contribution in [0.2, 0.25) is 0 Å². The number of anilines is 1. The molecule has 2 aromatic carbocycles. The zero-order valence-electron chi connectivity index (χ0n) is 12.8. The summed E-state index contributed by atoms with van der Waals surface area (Å²) in [4.78, 5) is 19.8. The van der Waals surface area contributed by atoms with Crippen LogP contribution in [-0.2, 0) is 4.79 Å². The van der Waals surface area contributed by atoms with Crippen molar-refractivity contribution in [1.82, 2.24) is 4.98 Å². The number of pyridine rings is 1.